The molecule has 0 aromatic heterocycles. The summed E-state index contributed by atoms with van der Waals surface area (Å²) in [5.74, 6) is -2.11. The lowest BCUT2D eigenvalue weighted by molar-refractivity contribution is -0.167. The Morgan fingerprint density at radius 2 is 1.93 bits per heavy atom. The molecule has 0 aromatic rings. The lowest BCUT2D eigenvalue weighted by Crippen LogP contribution is -2.31. The van der Waals surface area contributed by atoms with Gasteiger partial charge in [-0.25, -0.2) is 4.79 Å². The van der Waals surface area contributed by atoms with Crippen molar-refractivity contribution < 1.29 is 29.0 Å². The SMILES string of the molecule is CC(C)(C)OC(=O)C[C@H](OC=O)C(=O)O. The number of carbonyl (C=O) groups is 3. The molecule has 0 heterocycles. The number of carboxylic acids is 1. The van der Waals surface area contributed by atoms with Crippen LogP contribution in [0.25, 0.3) is 0 Å². The molecule has 6 heteroatoms. The fraction of sp³-hybridized carbons (Fsp3) is 0.667. The first-order valence-electron chi connectivity index (χ1n) is 4.30. The fourth-order valence-electron chi connectivity index (χ4n) is 0.795. The molecule has 1 N–H and O–H groups in total. The minimum atomic E-state index is -1.49. The van der Waals surface area contributed by atoms with Crippen LogP contribution in [0.15, 0.2) is 0 Å². The number of carboxylic acid groups (broad SMARTS) is 1. The highest BCUT2D eigenvalue weighted by molar-refractivity contribution is 5.81. The highest BCUT2D eigenvalue weighted by atomic mass is 16.6. The first kappa shape index (κ1) is 13.4. The maximum Gasteiger partial charge on any atom is 0.345 e. The van der Waals surface area contributed by atoms with E-state index < -0.39 is 30.1 Å². The van der Waals surface area contributed by atoms with Gasteiger partial charge in [0.15, 0.2) is 0 Å². The summed E-state index contributed by atoms with van der Waals surface area (Å²) in [7, 11) is 0. The largest absolute Gasteiger partial charge is 0.478 e. The van der Waals surface area contributed by atoms with Gasteiger partial charge in [0.1, 0.15) is 5.60 Å². The summed E-state index contributed by atoms with van der Waals surface area (Å²) < 4.78 is 9.07. The Morgan fingerprint density at radius 1 is 1.40 bits per heavy atom. The van der Waals surface area contributed by atoms with Crippen molar-refractivity contribution in [2.24, 2.45) is 0 Å². The Bertz CT molecular complexity index is 252. The Balaban J connectivity index is 4.23. The quantitative estimate of drug-likeness (QED) is 0.528. The van der Waals surface area contributed by atoms with Crippen molar-refractivity contribution in [3.8, 4) is 0 Å². The van der Waals surface area contributed by atoms with Crippen molar-refractivity contribution in [3.63, 3.8) is 0 Å². The molecule has 0 spiro atoms. The number of hydrogen-bond donors (Lipinski definition) is 1. The van der Waals surface area contributed by atoms with Gasteiger partial charge < -0.3 is 14.6 Å². The molecule has 0 saturated carbocycles. The van der Waals surface area contributed by atoms with Gasteiger partial charge in [-0.15, -0.1) is 0 Å². The predicted octanol–water partition coefficient (Wildman–Crippen LogP) is 0.344. The first-order chi connectivity index (χ1) is 6.76. The summed E-state index contributed by atoms with van der Waals surface area (Å²) in [6.45, 7) is 4.95. The Labute approximate surface area is 87.2 Å². The van der Waals surface area contributed by atoms with E-state index in [-0.39, 0.29) is 6.47 Å². The van der Waals surface area contributed by atoms with Gasteiger partial charge in [0.2, 0.25) is 6.10 Å². The summed E-state index contributed by atoms with van der Waals surface area (Å²) in [6.07, 6.45) is -1.98. The van der Waals surface area contributed by atoms with E-state index in [0.717, 1.165) is 0 Å². The van der Waals surface area contributed by atoms with Gasteiger partial charge in [0, 0.05) is 0 Å². The summed E-state index contributed by atoms with van der Waals surface area (Å²) >= 11 is 0. The van der Waals surface area contributed by atoms with Crippen LogP contribution in [0.3, 0.4) is 0 Å². The maximum absolute atomic E-state index is 11.2. The molecule has 0 bridgehead atoms. The molecule has 0 unspecified atom stereocenters. The van der Waals surface area contributed by atoms with Crippen LogP contribution < -0.4 is 0 Å². The smallest absolute Gasteiger partial charge is 0.345 e. The highest BCUT2D eigenvalue weighted by Gasteiger charge is 2.26. The van der Waals surface area contributed by atoms with Crippen molar-refractivity contribution in [1.29, 1.82) is 0 Å². The topological polar surface area (TPSA) is 89.9 Å². The highest BCUT2D eigenvalue weighted by Crippen LogP contribution is 2.10. The second kappa shape index (κ2) is 5.33. The molecule has 0 aliphatic heterocycles. The third-order valence-electron chi connectivity index (χ3n) is 1.27. The number of aliphatic carboxylic acids is 1. The molecule has 6 nitrogen and oxygen atoms in total. The third-order valence-corrected chi connectivity index (χ3v) is 1.27. The average molecular weight is 218 g/mol. The second-order valence-corrected chi connectivity index (χ2v) is 3.85. The molecule has 0 rings (SSSR count). The number of ether oxygens (including phenoxy) is 2. The fourth-order valence-corrected chi connectivity index (χ4v) is 0.795. The first-order valence-corrected chi connectivity index (χ1v) is 4.30. The second-order valence-electron chi connectivity index (χ2n) is 3.85. The third kappa shape index (κ3) is 6.48. The Hall–Kier alpha value is -1.59. The minimum absolute atomic E-state index is 0.0108. The van der Waals surface area contributed by atoms with Crippen molar-refractivity contribution >= 4 is 18.4 Å². The van der Waals surface area contributed by atoms with E-state index in [0.29, 0.717) is 0 Å². The van der Waals surface area contributed by atoms with E-state index in [4.69, 9.17) is 9.84 Å². The summed E-state index contributed by atoms with van der Waals surface area (Å²) in [5, 5.41) is 8.56. The molecule has 1 atom stereocenters. The molecule has 0 saturated heterocycles. The Morgan fingerprint density at radius 3 is 2.27 bits per heavy atom. The molecule has 0 radical (unpaired) electrons. The molecule has 0 amide bonds. The van der Waals surface area contributed by atoms with Gasteiger partial charge in [-0.2, -0.15) is 0 Å². The van der Waals surface area contributed by atoms with Crippen molar-refractivity contribution in [2.75, 3.05) is 0 Å². The van der Waals surface area contributed by atoms with E-state index in [2.05, 4.69) is 4.74 Å². The number of esters is 1. The van der Waals surface area contributed by atoms with Crippen molar-refractivity contribution in [2.45, 2.75) is 38.9 Å². The van der Waals surface area contributed by atoms with Crippen LogP contribution >= 0.6 is 0 Å². The molecule has 0 aromatic carbocycles. The predicted molar refractivity (Wildman–Crippen MR) is 49.0 cm³/mol. The van der Waals surface area contributed by atoms with Crippen LogP contribution in [0.2, 0.25) is 0 Å². The standard InChI is InChI=1S/C9H14O6/c1-9(2,3)15-7(11)4-6(8(12)13)14-5-10/h5-6H,4H2,1-3H3,(H,12,13)/t6-/m0/s1. The van der Waals surface area contributed by atoms with E-state index in [1.807, 2.05) is 0 Å². The molecule has 86 valence electrons. The van der Waals surface area contributed by atoms with Crippen molar-refractivity contribution in [1.82, 2.24) is 0 Å². The Kier molecular flexibility index (Phi) is 4.77. The lowest BCUT2D eigenvalue weighted by atomic mass is 10.2. The maximum atomic E-state index is 11.2. The van der Waals surface area contributed by atoms with Crippen LogP contribution in [-0.2, 0) is 23.9 Å². The number of rotatable bonds is 5. The van der Waals surface area contributed by atoms with Gasteiger partial charge in [-0.05, 0) is 20.8 Å². The molecule has 0 fully saturated rings. The normalized spacial score (nSPS) is 12.7. The van der Waals surface area contributed by atoms with E-state index >= 15 is 0 Å². The van der Waals surface area contributed by atoms with Gasteiger partial charge in [0.25, 0.3) is 6.47 Å². The van der Waals surface area contributed by atoms with Crippen LogP contribution in [0.4, 0.5) is 0 Å². The van der Waals surface area contributed by atoms with Gasteiger partial charge in [-0.1, -0.05) is 0 Å². The van der Waals surface area contributed by atoms with E-state index in [1.165, 1.54) is 0 Å². The van der Waals surface area contributed by atoms with Crippen LogP contribution in [0.5, 0.6) is 0 Å². The van der Waals surface area contributed by atoms with Gasteiger partial charge >= 0.3 is 11.9 Å². The van der Waals surface area contributed by atoms with Gasteiger partial charge in [-0.3, -0.25) is 9.59 Å². The zero-order valence-electron chi connectivity index (χ0n) is 8.85. The molecule has 15 heavy (non-hydrogen) atoms. The van der Waals surface area contributed by atoms with Crippen molar-refractivity contribution in [3.05, 3.63) is 0 Å². The minimum Gasteiger partial charge on any atom is -0.478 e. The molecular weight excluding hydrogens is 204 g/mol. The van der Waals surface area contributed by atoms with Crippen LogP contribution in [-0.4, -0.2) is 35.2 Å². The number of hydrogen-bond acceptors (Lipinski definition) is 5. The molecule has 0 aliphatic rings. The van der Waals surface area contributed by atoms with Crippen LogP contribution in [0, 0.1) is 0 Å². The van der Waals surface area contributed by atoms with E-state index in [9.17, 15) is 14.4 Å². The monoisotopic (exact) mass is 218 g/mol. The summed E-state index contributed by atoms with van der Waals surface area (Å²) in [6, 6.07) is 0. The zero-order chi connectivity index (χ0) is 12.1. The molecule has 0 aliphatic carbocycles. The average Bonchev–Trinajstić information content (AvgIpc) is 1.99. The lowest BCUT2D eigenvalue weighted by Gasteiger charge is -2.20. The van der Waals surface area contributed by atoms with Crippen LogP contribution in [0.1, 0.15) is 27.2 Å². The number of carbonyl (C=O) groups excluding carboxylic acids is 2. The summed E-state index contributed by atoms with van der Waals surface area (Å²) in [4.78, 5) is 31.6. The molecular formula is C9H14O6. The van der Waals surface area contributed by atoms with E-state index in [1.54, 1.807) is 20.8 Å². The van der Waals surface area contributed by atoms with Gasteiger partial charge in [0.05, 0.1) is 6.42 Å². The zero-order valence-corrected chi connectivity index (χ0v) is 8.85. The summed E-state index contributed by atoms with van der Waals surface area (Å²) in [5.41, 5.74) is -0.693.